The molecular formula is C46H26N4O2S. The lowest BCUT2D eigenvalue weighted by atomic mass is 9.99. The molecule has 4 heterocycles. The fraction of sp³-hybridized carbons (Fsp3) is 0. The Bertz CT molecular complexity index is 3160. The Morgan fingerprint density at radius 3 is 1.91 bits per heavy atom. The molecule has 0 unspecified atom stereocenters. The van der Waals surface area contributed by atoms with Gasteiger partial charge in [0.05, 0.1) is 10.2 Å². The molecule has 0 fully saturated rings. The highest BCUT2D eigenvalue weighted by molar-refractivity contribution is 7.21. The Morgan fingerprint density at radius 1 is 0.377 bits per heavy atom. The average molecular weight is 699 g/mol. The van der Waals surface area contributed by atoms with Crippen LogP contribution in [0.3, 0.4) is 0 Å². The van der Waals surface area contributed by atoms with Gasteiger partial charge in [0.15, 0.2) is 17.5 Å². The van der Waals surface area contributed by atoms with Gasteiger partial charge in [0, 0.05) is 43.8 Å². The fourth-order valence-corrected chi connectivity index (χ4v) is 8.19. The number of hydrogen-bond acceptors (Lipinski definition) is 7. The SMILES string of the molecule is c1ccc(-c2nc(-c3ccc4oc5ccccc5c4c3)nc(-c3cccc4oc5ccc(-c6cccc(-c7nc8ccccc8s7)c6)cc5c34)n2)cc1. The zero-order valence-electron chi connectivity index (χ0n) is 28.0. The second kappa shape index (κ2) is 11.8. The first-order valence-electron chi connectivity index (χ1n) is 17.4. The van der Waals surface area contributed by atoms with Crippen LogP contribution in [0.4, 0.5) is 0 Å². The van der Waals surface area contributed by atoms with Crippen LogP contribution in [-0.2, 0) is 0 Å². The molecule has 53 heavy (non-hydrogen) atoms. The van der Waals surface area contributed by atoms with Crippen LogP contribution in [0.25, 0.3) is 110 Å². The molecule has 6 nitrogen and oxygen atoms in total. The van der Waals surface area contributed by atoms with Crippen LogP contribution in [0.15, 0.2) is 167 Å². The van der Waals surface area contributed by atoms with E-state index in [-0.39, 0.29) is 0 Å². The molecule has 0 radical (unpaired) electrons. The maximum Gasteiger partial charge on any atom is 0.164 e. The highest BCUT2D eigenvalue weighted by Gasteiger charge is 2.19. The van der Waals surface area contributed by atoms with E-state index in [0.717, 1.165) is 87.8 Å². The molecule has 0 aliphatic heterocycles. The largest absolute Gasteiger partial charge is 0.456 e. The molecule has 248 valence electrons. The van der Waals surface area contributed by atoms with E-state index in [0.29, 0.717) is 17.5 Å². The highest BCUT2D eigenvalue weighted by atomic mass is 32.1. The van der Waals surface area contributed by atoms with E-state index < -0.39 is 0 Å². The maximum atomic E-state index is 6.45. The van der Waals surface area contributed by atoms with Gasteiger partial charge in [-0.1, -0.05) is 97.1 Å². The van der Waals surface area contributed by atoms with Crippen molar-refractivity contribution in [2.24, 2.45) is 0 Å². The molecule has 0 saturated carbocycles. The summed E-state index contributed by atoms with van der Waals surface area (Å²) in [6, 6.07) is 53.5. The summed E-state index contributed by atoms with van der Waals surface area (Å²) >= 11 is 1.71. The standard InChI is InChI=1S/C46H26N4O2S/c1-2-10-27(11-3-1)43-48-44(30-21-23-38-34(26-30)32-14-4-6-17-37(32)51-38)50-45(49-43)33-15-9-18-40-42(33)35-25-29(20-22-39(35)52-40)28-12-8-13-31(24-28)46-47-36-16-5-7-19-41(36)53-46/h1-26H. The second-order valence-electron chi connectivity index (χ2n) is 13.0. The van der Waals surface area contributed by atoms with Crippen molar-refractivity contribution in [1.82, 2.24) is 19.9 Å². The summed E-state index contributed by atoms with van der Waals surface area (Å²) in [5.41, 5.74) is 10.2. The number of thiazole rings is 1. The van der Waals surface area contributed by atoms with Crippen molar-refractivity contribution in [3.63, 3.8) is 0 Å². The van der Waals surface area contributed by atoms with Gasteiger partial charge in [0.2, 0.25) is 0 Å². The predicted molar refractivity (Wildman–Crippen MR) is 215 cm³/mol. The van der Waals surface area contributed by atoms with E-state index in [1.54, 1.807) is 11.3 Å². The molecule has 0 N–H and O–H groups in total. The van der Waals surface area contributed by atoms with Crippen molar-refractivity contribution in [1.29, 1.82) is 0 Å². The van der Waals surface area contributed by atoms with E-state index >= 15 is 0 Å². The van der Waals surface area contributed by atoms with E-state index in [1.807, 2.05) is 78.9 Å². The monoisotopic (exact) mass is 698 g/mol. The molecule has 11 aromatic rings. The van der Waals surface area contributed by atoms with E-state index in [9.17, 15) is 0 Å². The maximum absolute atomic E-state index is 6.45. The molecule has 0 atom stereocenters. The van der Waals surface area contributed by atoms with Crippen LogP contribution in [0.2, 0.25) is 0 Å². The van der Waals surface area contributed by atoms with Crippen molar-refractivity contribution >= 4 is 65.4 Å². The van der Waals surface area contributed by atoms with Gasteiger partial charge >= 0.3 is 0 Å². The average Bonchev–Trinajstić information content (AvgIpc) is 3.94. The molecule has 0 bridgehead atoms. The molecule has 7 heteroatoms. The Hall–Kier alpha value is -6.96. The van der Waals surface area contributed by atoms with Gasteiger partial charge in [0.1, 0.15) is 27.3 Å². The van der Waals surface area contributed by atoms with Crippen LogP contribution in [-0.4, -0.2) is 19.9 Å². The lowest BCUT2D eigenvalue weighted by Crippen LogP contribution is -2.00. The first-order chi connectivity index (χ1) is 26.2. The minimum atomic E-state index is 0.572. The smallest absolute Gasteiger partial charge is 0.164 e. The summed E-state index contributed by atoms with van der Waals surface area (Å²) in [5.74, 6) is 1.75. The normalized spacial score (nSPS) is 11.8. The zero-order valence-corrected chi connectivity index (χ0v) is 28.8. The topological polar surface area (TPSA) is 77.8 Å². The van der Waals surface area contributed by atoms with Gasteiger partial charge in [-0.2, -0.15) is 0 Å². The molecule has 7 aromatic carbocycles. The number of para-hydroxylation sites is 2. The molecule has 4 aromatic heterocycles. The molecule has 0 saturated heterocycles. The number of furan rings is 2. The minimum Gasteiger partial charge on any atom is -0.456 e. The number of rotatable bonds is 5. The van der Waals surface area contributed by atoms with Crippen LogP contribution in [0, 0.1) is 0 Å². The molecule has 0 spiro atoms. The fourth-order valence-electron chi connectivity index (χ4n) is 7.23. The molecule has 11 rings (SSSR count). The van der Waals surface area contributed by atoms with Crippen molar-refractivity contribution in [3.05, 3.63) is 158 Å². The van der Waals surface area contributed by atoms with Gasteiger partial charge in [-0.25, -0.2) is 19.9 Å². The van der Waals surface area contributed by atoms with Crippen molar-refractivity contribution in [2.75, 3.05) is 0 Å². The van der Waals surface area contributed by atoms with Gasteiger partial charge in [-0.05, 0) is 71.8 Å². The third-order valence-electron chi connectivity index (χ3n) is 9.77. The van der Waals surface area contributed by atoms with Crippen LogP contribution in [0.5, 0.6) is 0 Å². The van der Waals surface area contributed by atoms with Crippen molar-refractivity contribution in [3.8, 4) is 55.9 Å². The van der Waals surface area contributed by atoms with Crippen LogP contribution >= 0.6 is 11.3 Å². The minimum absolute atomic E-state index is 0.572. The third-order valence-corrected chi connectivity index (χ3v) is 10.9. The summed E-state index contributed by atoms with van der Waals surface area (Å²) in [6.07, 6.45) is 0. The van der Waals surface area contributed by atoms with E-state index in [1.165, 1.54) is 4.70 Å². The summed E-state index contributed by atoms with van der Waals surface area (Å²) < 4.78 is 13.8. The quantitative estimate of drug-likeness (QED) is 0.178. The number of nitrogens with zero attached hydrogens (tertiary/aromatic N) is 4. The Morgan fingerprint density at radius 2 is 1.00 bits per heavy atom. The molecule has 0 amide bonds. The summed E-state index contributed by atoms with van der Waals surface area (Å²) in [6.45, 7) is 0. The van der Waals surface area contributed by atoms with Crippen molar-refractivity contribution < 1.29 is 8.83 Å². The number of benzene rings is 7. The van der Waals surface area contributed by atoms with E-state index in [2.05, 4.69) is 78.9 Å². The number of aromatic nitrogens is 4. The summed E-state index contributed by atoms with van der Waals surface area (Å²) in [7, 11) is 0. The van der Waals surface area contributed by atoms with E-state index in [4.69, 9.17) is 28.8 Å². The Kier molecular flexibility index (Phi) is 6.62. The Balaban J connectivity index is 1.08. The summed E-state index contributed by atoms with van der Waals surface area (Å²) in [4.78, 5) is 20.2. The lowest BCUT2D eigenvalue weighted by molar-refractivity contribution is 0.668. The third kappa shape index (κ3) is 5.01. The molecular weight excluding hydrogens is 673 g/mol. The van der Waals surface area contributed by atoms with Gasteiger partial charge in [-0.15, -0.1) is 11.3 Å². The highest BCUT2D eigenvalue weighted by Crippen LogP contribution is 2.40. The van der Waals surface area contributed by atoms with Crippen molar-refractivity contribution in [2.45, 2.75) is 0 Å². The summed E-state index contributed by atoms with van der Waals surface area (Å²) in [5, 5.41) is 5.03. The lowest BCUT2D eigenvalue weighted by Gasteiger charge is -2.09. The first kappa shape index (κ1) is 29.7. The molecule has 0 aliphatic carbocycles. The van der Waals surface area contributed by atoms with Gasteiger partial charge in [-0.3, -0.25) is 0 Å². The number of hydrogen-bond donors (Lipinski definition) is 0. The van der Waals surface area contributed by atoms with Gasteiger partial charge < -0.3 is 8.83 Å². The van der Waals surface area contributed by atoms with Gasteiger partial charge in [0.25, 0.3) is 0 Å². The van der Waals surface area contributed by atoms with Crippen LogP contribution < -0.4 is 0 Å². The second-order valence-corrected chi connectivity index (χ2v) is 14.1. The Labute approximate surface area is 306 Å². The number of fused-ring (bicyclic) bond motifs is 7. The first-order valence-corrected chi connectivity index (χ1v) is 18.2. The van der Waals surface area contributed by atoms with Crippen LogP contribution in [0.1, 0.15) is 0 Å². The molecule has 0 aliphatic rings. The predicted octanol–water partition coefficient (Wildman–Crippen LogP) is 12.6. The zero-order chi connectivity index (χ0) is 34.9.